The van der Waals surface area contributed by atoms with Crippen molar-refractivity contribution < 1.29 is 9.59 Å². The van der Waals surface area contributed by atoms with E-state index < -0.39 is 6.04 Å². The number of carbonyl (C=O) groups is 2. The van der Waals surface area contributed by atoms with Crippen LogP contribution in [0, 0.1) is 6.92 Å². The van der Waals surface area contributed by atoms with Gasteiger partial charge < -0.3 is 10.2 Å². The van der Waals surface area contributed by atoms with Crippen molar-refractivity contribution in [3.8, 4) is 0 Å². The number of carbonyl (C=O) groups excluding carboxylic acids is 2. The van der Waals surface area contributed by atoms with Crippen LogP contribution in [0.25, 0.3) is 0 Å². The third-order valence-electron chi connectivity index (χ3n) is 5.40. The van der Waals surface area contributed by atoms with Crippen molar-refractivity contribution in [2.75, 3.05) is 5.75 Å². The van der Waals surface area contributed by atoms with E-state index in [1.54, 1.807) is 16.7 Å². The normalized spacial score (nSPS) is 12.8. The first-order valence-electron chi connectivity index (χ1n) is 10.8. The Bertz CT molecular complexity index is 857. The van der Waals surface area contributed by atoms with E-state index in [2.05, 4.69) is 33.4 Å². The lowest BCUT2D eigenvalue weighted by Crippen LogP contribution is -2.51. The topological polar surface area (TPSA) is 49.4 Å². The first-order chi connectivity index (χ1) is 14.8. The SMILES string of the molecule is CCC(C)NC(=O)C(CC)N(Cc1ccccc1C)C(=O)CSCc1ccc(Br)cc1. The molecule has 0 heterocycles. The van der Waals surface area contributed by atoms with E-state index in [1.165, 1.54) is 5.56 Å². The van der Waals surface area contributed by atoms with Crippen LogP contribution in [0.4, 0.5) is 0 Å². The molecule has 2 aromatic rings. The van der Waals surface area contributed by atoms with Crippen LogP contribution in [0.2, 0.25) is 0 Å². The molecule has 0 fully saturated rings. The number of hydrogen-bond donors (Lipinski definition) is 1. The van der Waals surface area contributed by atoms with Gasteiger partial charge in [-0.2, -0.15) is 0 Å². The van der Waals surface area contributed by atoms with E-state index in [0.29, 0.717) is 18.7 Å². The van der Waals surface area contributed by atoms with E-state index in [-0.39, 0.29) is 17.9 Å². The van der Waals surface area contributed by atoms with Crippen LogP contribution in [0.5, 0.6) is 0 Å². The number of amides is 2. The van der Waals surface area contributed by atoms with Gasteiger partial charge in [-0.1, -0.05) is 66.2 Å². The Balaban J connectivity index is 2.14. The minimum atomic E-state index is -0.477. The molecule has 0 bridgehead atoms. The van der Waals surface area contributed by atoms with Crippen molar-refractivity contribution >= 4 is 39.5 Å². The third-order valence-corrected chi connectivity index (χ3v) is 6.91. The van der Waals surface area contributed by atoms with Crippen LogP contribution in [-0.2, 0) is 21.9 Å². The van der Waals surface area contributed by atoms with Crippen LogP contribution in [0.1, 0.15) is 50.3 Å². The summed E-state index contributed by atoms with van der Waals surface area (Å²) in [5.41, 5.74) is 3.37. The molecule has 2 rings (SSSR count). The number of halogens is 1. The minimum absolute atomic E-state index is 0.00323. The van der Waals surface area contributed by atoms with Crippen LogP contribution in [0.3, 0.4) is 0 Å². The van der Waals surface area contributed by atoms with E-state index >= 15 is 0 Å². The summed E-state index contributed by atoms with van der Waals surface area (Å²) in [6.07, 6.45) is 1.44. The van der Waals surface area contributed by atoms with Gasteiger partial charge in [-0.05, 0) is 55.5 Å². The molecule has 2 amide bonds. The highest BCUT2D eigenvalue weighted by atomic mass is 79.9. The van der Waals surface area contributed by atoms with Gasteiger partial charge in [-0.15, -0.1) is 11.8 Å². The summed E-state index contributed by atoms with van der Waals surface area (Å²) in [5, 5.41) is 3.06. The summed E-state index contributed by atoms with van der Waals surface area (Å²) >= 11 is 5.03. The fourth-order valence-electron chi connectivity index (χ4n) is 3.25. The molecule has 0 radical (unpaired) electrons. The zero-order valence-electron chi connectivity index (χ0n) is 18.9. The van der Waals surface area contributed by atoms with Gasteiger partial charge in [-0.3, -0.25) is 9.59 Å². The average molecular weight is 506 g/mol. The lowest BCUT2D eigenvalue weighted by molar-refractivity contribution is -0.139. The van der Waals surface area contributed by atoms with Crippen molar-refractivity contribution in [2.24, 2.45) is 0 Å². The Morgan fingerprint density at radius 1 is 1.06 bits per heavy atom. The standard InChI is InChI=1S/C25H33BrN2O2S/c1-5-19(4)27-25(30)23(6-2)28(15-21-10-8-7-9-18(21)3)24(29)17-31-16-20-11-13-22(26)14-12-20/h7-14,19,23H,5-6,15-17H2,1-4H3,(H,27,30). The maximum absolute atomic E-state index is 13.3. The van der Waals surface area contributed by atoms with Crippen LogP contribution >= 0.6 is 27.7 Å². The molecule has 0 aliphatic heterocycles. The van der Waals surface area contributed by atoms with Crippen molar-refractivity contribution in [1.29, 1.82) is 0 Å². The zero-order chi connectivity index (χ0) is 22.8. The van der Waals surface area contributed by atoms with Crippen LogP contribution < -0.4 is 5.32 Å². The molecule has 0 saturated carbocycles. The molecule has 6 heteroatoms. The Kier molecular flexibility index (Phi) is 10.6. The van der Waals surface area contributed by atoms with E-state index in [0.717, 1.165) is 27.8 Å². The summed E-state index contributed by atoms with van der Waals surface area (Å²) in [5.74, 6) is 1.02. The molecular formula is C25H33BrN2O2S. The summed E-state index contributed by atoms with van der Waals surface area (Å²) in [4.78, 5) is 28.0. The van der Waals surface area contributed by atoms with Gasteiger partial charge in [0.25, 0.3) is 0 Å². The average Bonchev–Trinajstić information content (AvgIpc) is 2.76. The number of aryl methyl sites for hydroxylation is 1. The molecule has 31 heavy (non-hydrogen) atoms. The number of nitrogens with zero attached hydrogens (tertiary/aromatic N) is 1. The highest BCUT2D eigenvalue weighted by Crippen LogP contribution is 2.20. The molecule has 2 unspecified atom stereocenters. The lowest BCUT2D eigenvalue weighted by atomic mass is 10.1. The first kappa shape index (κ1) is 25.5. The van der Waals surface area contributed by atoms with Crippen LogP contribution in [-0.4, -0.2) is 34.6 Å². The van der Waals surface area contributed by atoms with Crippen LogP contribution in [0.15, 0.2) is 53.0 Å². The fraction of sp³-hybridized carbons (Fsp3) is 0.440. The predicted octanol–water partition coefficient (Wildman–Crippen LogP) is 5.71. The Labute approximate surface area is 199 Å². The largest absolute Gasteiger partial charge is 0.352 e. The molecule has 0 aliphatic rings. The Morgan fingerprint density at radius 2 is 1.74 bits per heavy atom. The molecule has 4 nitrogen and oxygen atoms in total. The highest BCUT2D eigenvalue weighted by Gasteiger charge is 2.29. The maximum Gasteiger partial charge on any atom is 0.243 e. The van der Waals surface area contributed by atoms with Crippen molar-refractivity contribution in [1.82, 2.24) is 10.2 Å². The smallest absolute Gasteiger partial charge is 0.243 e. The number of nitrogens with one attached hydrogen (secondary N) is 1. The van der Waals surface area contributed by atoms with Crippen molar-refractivity contribution in [2.45, 2.75) is 64.9 Å². The summed E-state index contributed by atoms with van der Waals surface area (Å²) in [7, 11) is 0. The second-order valence-corrected chi connectivity index (χ2v) is 9.71. The Morgan fingerprint density at radius 3 is 2.35 bits per heavy atom. The first-order valence-corrected chi connectivity index (χ1v) is 12.8. The molecule has 0 aromatic heterocycles. The second kappa shape index (κ2) is 12.9. The van der Waals surface area contributed by atoms with Gasteiger partial charge in [0.1, 0.15) is 6.04 Å². The molecule has 0 aliphatic carbocycles. The molecule has 0 spiro atoms. The quantitative estimate of drug-likeness (QED) is 0.426. The molecule has 2 aromatic carbocycles. The van der Waals surface area contributed by atoms with Gasteiger partial charge in [0.05, 0.1) is 5.75 Å². The summed E-state index contributed by atoms with van der Waals surface area (Å²) in [6.45, 7) is 8.48. The number of benzene rings is 2. The maximum atomic E-state index is 13.3. The second-order valence-electron chi connectivity index (χ2n) is 7.81. The molecule has 1 N–H and O–H groups in total. The van der Waals surface area contributed by atoms with Gasteiger partial charge in [0, 0.05) is 22.8 Å². The van der Waals surface area contributed by atoms with Gasteiger partial charge >= 0.3 is 0 Å². The van der Waals surface area contributed by atoms with E-state index in [9.17, 15) is 9.59 Å². The summed E-state index contributed by atoms with van der Waals surface area (Å²) < 4.78 is 1.04. The third kappa shape index (κ3) is 8.00. The number of thioether (sulfide) groups is 1. The monoisotopic (exact) mass is 504 g/mol. The fourth-order valence-corrected chi connectivity index (χ4v) is 4.39. The van der Waals surface area contributed by atoms with Gasteiger partial charge in [0.2, 0.25) is 11.8 Å². The van der Waals surface area contributed by atoms with Crippen molar-refractivity contribution in [3.05, 3.63) is 69.7 Å². The number of hydrogen-bond acceptors (Lipinski definition) is 3. The predicted molar refractivity (Wildman–Crippen MR) is 134 cm³/mol. The molecule has 0 saturated heterocycles. The number of rotatable bonds is 11. The van der Waals surface area contributed by atoms with Gasteiger partial charge in [0.15, 0.2) is 0 Å². The lowest BCUT2D eigenvalue weighted by Gasteiger charge is -2.32. The van der Waals surface area contributed by atoms with E-state index in [1.807, 2.05) is 64.1 Å². The molecule has 168 valence electrons. The highest BCUT2D eigenvalue weighted by molar-refractivity contribution is 9.10. The van der Waals surface area contributed by atoms with Crippen molar-refractivity contribution in [3.63, 3.8) is 0 Å². The minimum Gasteiger partial charge on any atom is -0.352 e. The summed E-state index contributed by atoms with van der Waals surface area (Å²) in [6, 6.07) is 15.8. The Hall–Kier alpha value is -1.79. The molecular weight excluding hydrogens is 472 g/mol. The van der Waals surface area contributed by atoms with Gasteiger partial charge in [-0.25, -0.2) is 0 Å². The molecule has 2 atom stereocenters. The zero-order valence-corrected chi connectivity index (χ0v) is 21.3. The van der Waals surface area contributed by atoms with E-state index in [4.69, 9.17) is 0 Å².